The zero-order valence-corrected chi connectivity index (χ0v) is 32.0. The summed E-state index contributed by atoms with van der Waals surface area (Å²) >= 11 is 0. The highest BCUT2D eigenvalue weighted by molar-refractivity contribution is 6.19. The average molecular weight is 754 g/mol. The van der Waals surface area contributed by atoms with E-state index in [0.29, 0.717) is 0 Å². The van der Waals surface area contributed by atoms with Gasteiger partial charge in [0.05, 0.1) is 11.1 Å². The fourth-order valence-corrected chi connectivity index (χ4v) is 9.00. The number of hydrogen-bond acceptors (Lipinski definition) is 3. The quantitative estimate of drug-likeness (QED) is 0.169. The summed E-state index contributed by atoms with van der Waals surface area (Å²) in [7, 11) is 0. The summed E-state index contributed by atoms with van der Waals surface area (Å²) in [4.78, 5) is 2.36. The summed E-state index contributed by atoms with van der Waals surface area (Å²) in [5, 5.41) is 9.20. The summed E-state index contributed by atoms with van der Waals surface area (Å²) in [5.74, 6) is 0. The lowest BCUT2D eigenvalue weighted by molar-refractivity contribution is 0.669. The van der Waals surface area contributed by atoms with Crippen molar-refractivity contribution >= 4 is 82.5 Å². The summed E-state index contributed by atoms with van der Waals surface area (Å²) in [6, 6.07) is 75.8. The third kappa shape index (κ3) is 5.51. The van der Waals surface area contributed by atoms with Crippen molar-refractivity contribution < 1.29 is 8.83 Å². The average Bonchev–Trinajstić information content (AvgIpc) is 3.89. The van der Waals surface area contributed by atoms with Gasteiger partial charge >= 0.3 is 0 Å². The van der Waals surface area contributed by atoms with Crippen LogP contribution in [-0.2, 0) is 0 Å². The molecule has 0 aliphatic rings. The molecular weight excluding hydrogens is 719 g/mol. The minimum Gasteiger partial charge on any atom is -0.456 e. The van der Waals surface area contributed by atoms with E-state index >= 15 is 0 Å². The first-order valence-electron chi connectivity index (χ1n) is 20.1. The van der Waals surface area contributed by atoms with Crippen LogP contribution in [0.25, 0.3) is 98.8 Å². The predicted molar refractivity (Wildman–Crippen MR) is 247 cm³/mol. The lowest BCUT2D eigenvalue weighted by Crippen LogP contribution is -2.10. The second-order valence-corrected chi connectivity index (χ2v) is 15.3. The van der Waals surface area contributed by atoms with E-state index in [2.05, 4.69) is 205 Å². The number of para-hydroxylation sites is 1. The fourth-order valence-electron chi connectivity index (χ4n) is 9.00. The molecule has 0 bridgehead atoms. The largest absolute Gasteiger partial charge is 0.456 e. The van der Waals surface area contributed by atoms with Crippen LogP contribution in [-0.4, -0.2) is 0 Å². The Hall–Kier alpha value is -7.88. The monoisotopic (exact) mass is 753 g/mol. The van der Waals surface area contributed by atoms with E-state index in [1.807, 2.05) is 12.1 Å². The summed E-state index contributed by atoms with van der Waals surface area (Å²) in [5.41, 5.74) is 13.7. The smallest absolute Gasteiger partial charge is 0.143 e. The van der Waals surface area contributed by atoms with Crippen molar-refractivity contribution in [3.63, 3.8) is 0 Å². The highest BCUT2D eigenvalue weighted by Gasteiger charge is 2.21. The molecule has 0 radical (unpaired) electrons. The Balaban J connectivity index is 0.991. The molecule has 3 heteroatoms. The minimum atomic E-state index is 0.858. The molecule has 0 spiro atoms. The van der Waals surface area contributed by atoms with Gasteiger partial charge in [-0.15, -0.1) is 0 Å². The molecule has 12 rings (SSSR count). The molecule has 12 aromatic rings. The lowest BCUT2D eigenvalue weighted by Gasteiger charge is -2.26. The van der Waals surface area contributed by atoms with Gasteiger partial charge in [-0.1, -0.05) is 146 Å². The maximum atomic E-state index is 6.69. The van der Waals surface area contributed by atoms with E-state index in [9.17, 15) is 0 Å². The van der Waals surface area contributed by atoms with E-state index in [1.165, 1.54) is 27.5 Å². The van der Waals surface area contributed by atoms with E-state index < -0.39 is 0 Å². The summed E-state index contributed by atoms with van der Waals surface area (Å²) < 4.78 is 12.9. The zero-order chi connectivity index (χ0) is 38.9. The van der Waals surface area contributed by atoms with Gasteiger partial charge < -0.3 is 13.7 Å². The van der Waals surface area contributed by atoms with Gasteiger partial charge in [0, 0.05) is 32.9 Å². The highest BCUT2D eigenvalue weighted by Crippen LogP contribution is 2.45. The molecule has 0 atom stereocenters. The van der Waals surface area contributed by atoms with E-state index in [-0.39, 0.29) is 0 Å². The van der Waals surface area contributed by atoms with Crippen LogP contribution in [0.5, 0.6) is 0 Å². The van der Waals surface area contributed by atoms with Gasteiger partial charge in [-0.2, -0.15) is 0 Å². The Bertz CT molecular complexity index is 3550. The molecule has 3 nitrogen and oxygen atoms in total. The van der Waals surface area contributed by atoms with Crippen molar-refractivity contribution in [1.29, 1.82) is 0 Å². The molecule has 2 heterocycles. The molecule has 276 valence electrons. The number of hydrogen-bond donors (Lipinski definition) is 0. The number of anilines is 3. The predicted octanol–water partition coefficient (Wildman–Crippen LogP) is 16.3. The first kappa shape index (κ1) is 33.3. The topological polar surface area (TPSA) is 29.5 Å². The normalized spacial score (nSPS) is 11.7. The maximum absolute atomic E-state index is 6.69. The van der Waals surface area contributed by atoms with Gasteiger partial charge in [-0.25, -0.2) is 0 Å². The number of rotatable bonds is 6. The van der Waals surface area contributed by atoms with Crippen LogP contribution in [0.1, 0.15) is 0 Å². The van der Waals surface area contributed by atoms with Crippen molar-refractivity contribution in [3.8, 4) is 33.4 Å². The Labute approximate surface area is 340 Å². The maximum Gasteiger partial charge on any atom is 0.143 e. The lowest BCUT2D eigenvalue weighted by atomic mass is 9.97. The van der Waals surface area contributed by atoms with Crippen molar-refractivity contribution in [3.05, 3.63) is 212 Å². The molecule has 0 aliphatic carbocycles. The molecule has 0 amide bonds. The van der Waals surface area contributed by atoms with Crippen molar-refractivity contribution in [1.82, 2.24) is 0 Å². The van der Waals surface area contributed by atoms with Crippen LogP contribution < -0.4 is 4.90 Å². The number of nitrogens with zero attached hydrogens (tertiary/aromatic N) is 1. The molecule has 2 aromatic heterocycles. The van der Waals surface area contributed by atoms with E-state index in [4.69, 9.17) is 8.83 Å². The second-order valence-electron chi connectivity index (χ2n) is 15.3. The molecule has 10 aromatic carbocycles. The Morgan fingerprint density at radius 1 is 0.305 bits per heavy atom. The third-order valence-corrected chi connectivity index (χ3v) is 11.8. The molecular formula is C56H35NO2. The van der Waals surface area contributed by atoms with Crippen LogP contribution >= 0.6 is 0 Å². The van der Waals surface area contributed by atoms with Gasteiger partial charge in [0.1, 0.15) is 22.3 Å². The molecule has 0 saturated heterocycles. The first-order valence-corrected chi connectivity index (χ1v) is 20.1. The van der Waals surface area contributed by atoms with Crippen LogP contribution in [0.2, 0.25) is 0 Å². The second kappa shape index (κ2) is 13.4. The molecule has 0 aliphatic heterocycles. The summed E-state index contributed by atoms with van der Waals surface area (Å²) in [6.45, 7) is 0. The van der Waals surface area contributed by atoms with Gasteiger partial charge in [0.2, 0.25) is 0 Å². The van der Waals surface area contributed by atoms with Crippen molar-refractivity contribution in [2.24, 2.45) is 0 Å². The molecule has 59 heavy (non-hydrogen) atoms. The number of benzene rings is 10. The minimum absolute atomic E-state index is 0.858. The SMILES string of the molecule is c1cc(-c2ccc(N(c3ccc(-c4cccc5oc6ccccc6c45)cc3)c3cccc4oc5c6ccccc6ccc5c34)cc2)cc(-c2ccc3ccccc3c2)c1. The molecule has 0 fully saturated rings. The molecule has 0 N–H and O–H groups in total. The van der Waals surface area contributed by atoms with E-state index in [0.717, 1.165) is 88.4 Å². The van der Waals surface area contributed by atoms with Crippen LogP contribution in [0, 0.1) is 0 Å². The standard InChI is InChI=1S/C56H35NO2/c1-2-12-40-35-43(23-22-36(40)10-1)42-14-7-13-41(34-42)37-24-29-44(30-25-37)57(50-18-9-21-53-55(50)49-33-28-38-11-3-4-15-47(38)56(49)59-53)45-31-26-39(27-32-45)46-17-8-20-52-54(46)48-16-5-6-19-51(48)58-52/h1-35H. The fraction of sp³-hybridized carbons (Fsp3) is 0. The van der Waals surface area contributed by atoms with Crippen LogP contribution in [0.15, 0.2) is 221 Å². The van der Waals surface area contributed by atoms with Crippen molar-refractivity contribution in [2.75, 3.05) is 4.90 Å². The zero-order valence-electron chi connectivity index (χ0n) is 32.0. The van der Waals surface area contributed by atoms with Gasteiger partial charge in [-0.3, -0.25) is 0 Å². The van der Waals surface area contributed by atoms with Gasteiger partial charge in [-0.05, 0) is 116 Å². The van der Waals surface area contributed by atoms with Crippen LogP contribution in [0.4, 0.5) is 17.1 Å². The first-order chi connectivity index (χ1) is 29.2. The van der Waals surface area contributed by atoms with Crippen LogP contribution in [0.3, 0.4) is 0 Å². The summed E-state index contributed by atoms with van der Waals surface area (Å²) in [6.07, 6.45) is 0. The molecule has 0 unspecified atom stereocenters. The number of furan rings is 2. The van der Waals surface area contributed by atoms with Gasteiger partial charge in [0.25, 0.3) is 0 Å². The van der Waals surface area contributed by atoms with E-state index in [1.54, 1.807) is 0 Å². The molecule has 0 saturated carbocycles. The third-order valence-electron chi connectivity index (χ3n) is 11.8. The highest BCUT2D eigenvalue weighted by atomic mass is 16.3. The number of fused-ring (bicyclic) bond motifs is 9. The van der Waals surface area contributed by atoms with Gasteiger partial charge in [0.15, 0.2) is 0 Å². The Morgan fingerprint density at radius 3 is 1.69 bits per heavy atom. The Morgan fingerprint density at radius 2 is 0.881 bits per heavy atom. The van der Waals surface area contributed by atoms with Crippen molar-refractivity contribution in [2.45, 2.75) is 0 Å². The Kier molecular flexibility index (Phi) is 7.54.